The average molecular weight is 280 g/mol. The monoisotopic (exact) mass is 280 g/mol. The molecule has 2 rings (SSSR count). The Morgan fingerprint density at radius 1 is 1.40 bits per heavy atom. The molecule has 108 valence electrons. The normalized spacial score (nSPS) is 22.6. The first-order chi connectivity index (χ1) is 9.61. The number of oxime groups is 1. The van der Waals surface area contributed by atoms with E-state index in [0.717, 1.165) is 19.3 Å². The van der Waals surface area contributed by atoms with Gasteiger partial charge < -0.3 is 21.6 Å². The molecule has 1 aliphatic rings. The number of anilines is 1. The number of nitrogens with one attached hydrogen (secondary N) is 2. The quantitative estimate of drug-likeness (QED) is 0.294. The van der Waals surface area contributed by atoms with Gasteiger partial charge in [-0.15, -0.1) is 0 Å². The molecule has 1 aliphatic carbocycles. The highest BCUT2D eigenvalue weighted by Crippen LogP contribution is 2.26. The number of halogens is 1. The fourth-order valence-electron chi connectivity index (χ4n) is 2.45. The van der Waals surface area contributed by atoms with Crippen LogP contribution in [-0.2, 0) is 0 Å². The predicted molar refractivity (Wildman–Crippen MR) is 73.1 cm³/mol. The molecule has 0 bridgehead atoms. The summed E-state index contributed by atoms with van der Waals surface area (Å²) < 4.78 is 13.4. The molecule has 1 fully saturated rings. The van der Waals surface area contributed by atoms with Crippen molar-refractivity contribution in [3.63, 3.8) is 0 Å². The summed E-state index contributed by atoms with van der Waals surface area (Å²) in [5.74, 6) is -0.577. The number of para-hydroxylation sites is 1. The molecule has 0 radical (unpaired) electrons. The Labute approximate surface area is 115 Å². The fourth-order valence-corrected chi connectivity index (χ4v) is 2.45. The summed E-state index contributed by atoms with van der Waals surface area (Å²) in [5.41, 5.74) is 5.70. The van der Waals surface area contributed by atoms with Gasteiger partial charge in [-0.2, -0.15) is 0 Å². The summed E-state index contributed by atoms with van der Waals surface area (Å²) in [5, 5.41) is 16.9. The second-order valence-corrected chi connectivity index (χ2v) is 4.75. The van der Waals surface area contributed by atoms with Crippen molar-refractivity contribution in [2.45, 2.75) is 25.3 Å². The van der Waals surface area contributed by atoms with Crippen molar-refractivity contribution in [1.29, 1.82) is 0 Å². The highest BCUT2D eigenvalue weighted by molar-refractivity contribution is 5.90. The minimum Gasteiger partial charge on any atom is -0.409 e. The largest absolute Gasteiger partial charge is 0.409 e. The molecule has 5 N–H and O–H groups in total. The van der Waals surface area contributed by atoms with Gasteiger partial charge in [0.05, 0.1) is 5.69 Å². The van der Waals surface area contributed by atoms with Crippen LogP contribution in [0.3, 0.4) is 0 Å². The number of hydrogen-bond donors (Lipinski definition) is 4. The summed E-state index contributed by atoms with van der Waals surface area (Å²) in [6.45, 7) is 0. The zero-order valence-corrected chi connectivity index (χ0v) is 10.8. The van der Waals surface area contributed by atoms with Crippen molar-refractivity contribution in [1.82, 2.24) is 5.32 Å². The van der Waals surface area contributed by atoms with Gasteiger partial charge in [-0.3, -0.25) is 0 Å². The highest BCUT2D eigenvalue weighted by Gasteiger charge is 2.31. The molecule has 1 aromatic carbocycles. The number of amidine groups is 1. The summed E-state index contributed by atoms with van der Waals surface area (Å²) in [6, 6.07) is 5.21. The molecule has 1 saturated carbocycles. The van der Waals surface area contributed by atoms with Gasteiger partial charge in [0.25, 0.3) is 0 Å². The van der Waals surface area contributed by atoms with Gasteiger partial charge in [0.15, 0.2) is 0 Å². The summed E-state index contributed by atoms with van der Waals surface area (Å²) >= 11 is 0. The first-order valence-electron chi connectivity index (χ1n) is 6.41. The lowest BCUT2D eigenvalue weighted by Crippen LogP contribution is -2.44. The number of carbonyl (C=O) groups is 1. The first-order valence-corrected chi connectivity index (χ1v) is 6.41. The van der Waals surface area contributed by atoms with E-state index in [1.807, 2.05) is 0 Å². The molecular weight excluding hydrogens is 263 g/mol. The van der Waals surface area contributed by atoms with Crippen LogP contribution < -0.4 is 16.4 Å². The Kier molecular flexibility index (Phi) is 4.39. The van der Waals surface area contributed by atoms with E-state index < -0.39 is 11.8 Å². The van der Waals surface area contributed by atoms with Crippen molar-refractivity contribution >= 4 is 17.6 Å². The van der Waals surface area contributed by atoms with Crippen molar-refractivity contribution < 1.29 is 14.4 Å². The average Bonchev–Trinajstić information content (AvgIpc) is 2.88. The molecule has 2 atom stereocenters. The van der Waals surface area contributed by atoms with Crippen LogP contribution in [-0.4, -0.2) is 23.1 Å². The second-order valence-electron chi connectivity index (χ2n) is 4.75. The molecular formula is C13H17FN4O2. The molecule has 20 heavy (non-hydrogen) atoms. The lowest BCUT2D eigenvalue weighted by molar-refractivity contribution is 0.246. The summed E-state index contributed by atoms with van der Waals surface area (Å²) in [4.78, 5) is 11.8. The number of urea groups is 1. The standard InChI is InChI=1S/C13H17FN4O2/c14-9-5-1-2-6-11(9)17-13(19)16-10-7-3-4-8(10)12(15)18-20/h1-2,5-6,8,10,20H,3-4,7H2,(H2,15,18)(H2,16,17,19). The van der Waals surface area contributed by atoms with Gasteiger partial charge in [-0.05, 0) is 25.0 Å². The molecule has 0 heterocycles. The van der Waals surface area contributed by atoms with Crippen LogP contribution in [0, 0.1) is 11.7 Å². The second kappa shape index (κ2) is 6.23. The van der Waals surface area contributed by atoms with Gasteiger partial charge in [0.1, 0.15) is 11.7 Å². The van der Waals surface area contributed by atoms with Gasteiger partial charge in [0, 0.05) is 12.0 Å². The molecule has 6 nitrogen and oxygen atoms in total. The molecule has 1 aromatic rings. The predicted octanol–water partition coefficient (Wildman–Crippen LogP) is 1.86. The number of hydrogen-bond acceptors (Lipinski definition) is 3. The lowest BCUT2D eigenvalue weighted by atomic mass is 10.0. The molecule has 2 unspecified atom stereocenters. The third kappa shape index (κ3) is 3.17. The van der Waals surface area contributed by atoms with Crippen molar-refractivity contribution in [2.75, 3.05) is 5.32 Å². The first kappa shape index (κ1) is 14.1. The van der Waals surface area contributed by atoms with E-state index in [9.17, 15) is 9.18 Å². The summed E-state index contributed by atoms with van der Waals surface area (Å²) in [6.07, 6.45) is 2.37. The van der Waals surface area contributed by atoms with E-state index in [1.54, 1.807) is 12.1 Å². The Hall–Kier alpha value is -2.31. The Morgan fingerprint density at radius 2 is 2.15 bits per heavy atom. The zero-order valence-electron chi connectivity index (χ0n) is 10.8. The Balaban J connectivity index is 1.96. The van der Waals surface area contributed by atoms with Gasteiger partial charge >= 0.3 is 6.03 Å². The third-order valence-corrected chi connectivity index (χ3v) is 3.45. The van der Waals surface area contributed by atoms with Crippen molar-refractivity contribution in [3.8, 4) is 0 Å². The van der Waals surface area contributed by atoms with E-state index in [4.69, 9.17) is 10.9 Å². The number of amides is 2. The van der Waals surface area contributed by atoms with Gasteiger partial charge in [0.2, 0.25) is 0 Å². The molecule has 0 aromatic heterocycles. The van der Waals surface area contributed by atoms with Crippen LogP contribution in [0.2, 0.25) is 0 Å². The van der Waals surface area contributed by atoms with Crippen LogP contribution in [0.1, 0.15) is 19.3 Å². The smallest absolute Gasteiger partial charge is 0.319 e. The zero-order chi connectivity index (χ0) is 14.5. The Morgan fingerprint density at radius 3 is 2.85 bits per heavy atom. The van der Waals surface area contributed by atoms with E-state index in [1.165, 1.54) is 12.1 Å². The molecule has 0 spiro atoms. The number of benzene rings is 1. The molecule has 0 aliphatic heterocycles. The van der Waals surface area contributed by atoms with E-state index in [2.05, 4.69) is 15.8 Å². The Bertz CT molecular complexity index is 521. The number of rotatable bonds is 3. The van der Waals surface area contributed by atoms with Crippen LogP contribution in [0.5, 0.6) is 0 Å². The van der Waals surface area contributed by atoms with Gasteiger partial charge in [-0.1, -0.05) is 23.7 Å². The van der Waals surface area contributed by atoms with Crippen LogP contribution in [0.15, 0.2) is 29.4 Å². The number of nitrogens with two attached hydrogens (primary N) is 1. The maximum Gasteiger partial charge on any atom is 0.319 e. The lowest BCUT2D eigenvalue weighted by Gasteiger charge is -2.20. The fraction of sp³-hybridized carbons (Fsp3) is 0.385. The topological polar surface area (TPSA) is 99.7 Å². The number of nitrogens with zero attached hydrogens (tertiary/aromatic N) is 1. The maximum absolute atomic E-state index is 13.4. The molecule has 0 saturated heterocycles. The minimum absolute atomic E-state index is 0.110. The maximum atomic E-state index is 13.4. The van der Waals surface area contributed by atoms with Crippen LogP contribution >= 0.6 is 0 Å². The third-order valence-electron chi connectivity index (χ3n) is 3.45. The summed E-state index contributed by atoms with van der Waals surface area (Å²) in [7, 11) is 0. The SMILES string of the molecule is NC(=NO)C1CCCC1NC(=O)Nc1ccccc1F. The van der Waals surface area contributed by atoms with Gasteiger partial charge in [-0.25, -0.2) is 9.18 Å². The van der Waals surface area contributed by atoms with Crippen molar-refractivity contribution in [2.24, 2.45) is 16.8 Å². The van der Waals surface area contributed by atoms with Crippen LogP contribution in [0.25, 0.3) is 0 Å². The highest BCUT2D eigenvalue weighted by atomic mass is 19.1. The molecule has 2 amide bonds. The van der Waals surface area contributed by atoms with Crippen molar-refractivity contribution in [3.05, 3.63) is 30.1 Å². The van der Waals surface area contributed by atoms with E-state index in [0.29, 0.717) is 0 Å². The molecule has 7 heteroatoms. The number of carbonyl (C=O) groups excluding carboxylic acids is 1. The van der Waals surface area contributed by atoms with E-state index >= 15 is 0 Å². The minimum atomic E-state index is -0.502. The van der Waals surface area contributed by atoms with E-state index in [-0.39, 0.29) is 23.5 Å². The van der Waals surface area contributed by atoms with Crippen LogP contribution in [0.4, 0.5) is 14.9 Å².